The second kappa shape index (κ2) is 6.64. The van der Waals surface area contributed by atoms with Crippen LogP contribution in [0, 0.1) is 0 Å². The lowest BCUT2D eigenvalue weighted by molar-refractivity contribution is 0.687. The van der Waals surface area contributed by atoms with Gasteiger partial charge in [0.2, 0.25) is 0 Å². The number of hydrogen-bond donors (Lipinski definition) is 1. The zero-order valence-corrected chi connectivity index (χ0v) is 14.3. The SMILES string of the molecule is Clc1sc(CNc2cnn(Cc3ccccc3)c2)cc1Br. The molecule has 1 aromatic carbocycles. The predicted octanol–water partition coefficient (Wildman–Crippen LogP) is 5.02. The van der Waals surface area contributed by atoms with Gasteiger partial charge in [0.15, 0.2) is 0 Å². The number of hydrogen-bond acceptors (Lipinski definition) is 3. The molecule has 0 atom stereocenters. The van der Waals surface area contributed by atoms with Gasteiger partial charge in [0, 0.05) is 22.1 Å². The number of benzene rings is 1. The molecule has 21 heavy (non-hydrogen) atoms. The molecule has 2 heterocycles. The Kier molecular flexibility index (Phi) is 4.63. The molecule has 3 nitrogen and oxygen atoms in total. The quantitative estimate of drug-likeness (QED) is 0.671. The van der Waals surface area contributed by atoms with Crippen molar-refractivity contribution in [2.45, 2.75) is 13.1 Å². The fraction of sp³-hybridized carbons (Fsp3) is 0.133. The van der Waals surface area contributed by atoms with Gasteiger partial charge in [-0.1, -0.05) is 41.9 Å². The molecule has 0 fully saturated rings. The molecule has 2 aromatic heterocycles. The maximum atomic E-state index is 6.03. The summed E-state index contributed by atoms with van der Waals surface area (Å²) in [6, 6.07) is 12.3. The van der Waals surface area contributed by atoms with E-state index in [0.29, 0.717) is 0 Å². The average Bonchev–Trinajstić information content (AvgIpc) is 3.05. The first-order valence-corrected chi connectivity index (χ1v) is 8.43. The van der Waals surface area contributed by atoms with Gasteiger partial charge in [-0.05, 0) is 27.6 Å². The zero-order valence-electron chi connectivity index (χ0n) is 11.1. The average molecular weight is 383 g/mol. The van der Waals surface area contributed by atoms with Crippen LogP contribution in [0.3, 0.4) is 0 Å². The predicted molar refractivity (Wildman–Crippen MR) is 92.1 cm³/mol. The summed E-state index contributed by atoms with van der Waals surface area (Å²) in [6.45, 7) is 1.52. The summed E-state index contributed by atoms with van der Waals surface area (Å²) in [6.07, 6.45) is 3.85. The molecule has 3 aromatic rings. The molecule has 1 N–H and O–H groups in total. The summed E-state index contributed by atoms with van der Waals surface area (Å²) in [4.78, 5) is 1.18. The van der Waals surface area contributed by atoms with Crippen molar-refractivity contribution < 1.29 is 0 Å². The number of nitrogens with zero attached hydrogens (tertiary/aromatic N) is 2. The molecule has 0 bridgehead atoms. The van der Waals surface area contributed by atoms with Crippen molar-refractivity contribution in [2.24, 2.45) is 0 Å². The number of anilines is 1. The van der Waals surface area contributed by atoms with Crippen molar-refractivity contribution in [3.05, 3.63) is 68.0 Å². The highest BCUT2D eigenvalue weighted by molar-refractivity contribution is 9.10. The van der Waals surface area contributed by atoms with Crippen LogP contribution in [0.2, 0.25) is 4.34 Å². The molecule has 0 amide bonds. The van der Waals surface area contributed by atoms with Gasteiger partial charge in [-0.15, -0.1) is 11.3 Å². The van der Waals surface area contributed by atoms with Crippen molar-refractivity contribution in [2.75, 3.05) is 5.32 Å². The van der Waals surface area contributed by atoms with E-state index in [9.17, 15) is 0 Å². The summed E-state index contributed by atoms with van der Waals surface area (Å²) < 4.78 is 3.66. The minimum atomic E-state index is 0.743. The van der Waals surface area contributed by atoms with E-state index >= 15 is 0 Å². The highest BCUT2D eigenvalue weighted by Crippen LogP contribution is 2.32. The fourth-order valence-electron chi connectivity index (χ4n) is 1.98. The zero-order chi connectivity index (χ0) is 14.7. The molecular weight excluding hydrogens is 370 g/mol. The van der Waals surface area contributed by atoms with Crippen LogP contribution in [-0.4, -0.2) is 9.78 Å². The van der Waals surface area contributed by atoms with E-state index in [-0.39, 0.29) is 0 Å². The first-order valence-electron chi connectivity index (χ1n) is 6.44. The van der Waals surface area contributed by atoms with Crippen LogP contribution in [0.25, 0.3) is 0 Å². The second-order valence-corrected chi connectivity index (χ2v) is 7.19. The number of rotatable bonds is 5. The van der Waals surface area contributed by atoms with Crippen molar-refractivity contribution in [3.63, 3.8) is 0 Å². The third-order valence-electron chi connectivity index (χ3n) is 2.98. The van der Waals surface area contributed by atoms with Crippen LogP contribution >= 0.6 is 38.9 Å². The largest absolute Gasteiger partial charge is 0.378 e. The standard InChI is InChI=1S/C15H13BrClN3S/c16-14-6-13(21-15(14)17)8-18-12-7-19-20(10-12)9-11-4-2-1-3-5-11/h1-7,10,18H,8-9H2. The molecule has 0 aliphatic heterocycles. The lowest BCUT2D eigenvalue weighted by Crippen LogP contribution is -2.00. The first kappa shape index (κ1) is 14.6. The number of thiophene rings is 1. The number of nitrogens with one attached hydrogen (secondary N) is 1. The topological polar surface area (TPSA) is 29.9 Å². The van der Waals surface area contributed by atoms with Gasteiger partial charge in [0.25, 0.3) is 0 Å². The maximum absolute atomic E-state index is 6.03. The smallest absolute Gasteiger partial charge is 0.107 e. The van der Waals surface area contributed by atoms with Crippen LogP contribution in [0.15, 0.2) is 53.3 Å². The van der Waals surface area contributed by atoms with Crippen molar-refractivity contribution in [1.82, 2.24) is 9.78 Å². The van der Waals surface area contributed by atoms with Crippen molar-refractivity contribution in [1.29, 1.82) is 0 Å². The van der Waals surface area contributed by atoms with Gasteiger partial charge in [0.1, 0.15) is 4.34 Å². The molecule has 0 saturated heterocycles. The first-order chi connectivity index (χ1) is 10.2. The van der Waals surface area contributed by atoms with E-state index < -0.39 is 0 Å². The van der Waals surface area contributed by atoms with E-state index in [4.69, 9.17) is 11.6 Å². The molecule has 0 unspecified atom stereocenters. The summed E-state index contributed by atoms with van der Waals surface area (Å²) >= 11 is 11.0. The van der Waals surface area contributed by atoms with Gasteiger partial charge in [-0.3, -0.25) is 4.68 Å². The van der Waals surface area contributed by atoms with Gasteiger partial charge >= 0.3 is 0 Å². The number of halogens is 2. The molecule has 3 rings (SSSR count). The Balaban J connectivity index is 1.60. The highest BCUT2D eigenvalue weighted by atomic mass is 79.9. The van der Waals surface area contributed by atoms with Gasteiger partial charge in [-0.25, -0.2) is 0 Å². The highest BCUT2D eigenvalue weighted by Gasteiger charge is 2.05. The molecule has 0 radical (unpaired) electrons. The van der Waals surface area contributed by atoms with E-state index in [0.717, 1.165) is 27.6 Å². The summed E-state index contributed by atoms with van der Waals surface area (Å²) in [5, 5.41) is 7.72. The second-order valence-electron chi connectivity index (χ2n) is 4.60. The third kappa shape index (κ3) is 3.87. The lowest BCUT2D eigenvalue weighted by atomic mass is 10.2. The Labute approximate surface area is 140 Å². The molecule has 6 heteroatoms. The Morgan fingerprint density at radius 3 is 2.81 bits per heavy atom. The minimum Gasteiger partial charge on any atom is -0.378 e. The third-order valence-corrected chi connectivity index (χ3v) is 5.46. The van der Waals surface area contributed by atoms with Crippen LogP contribution in [0.4, 0.5) is 5.69 Å². The normalized spacial score (nSPS) is 10.8. The lowest BCUT2D eigenvalue weighted by Gasteiger charge is -2.02. The summed E-state index contributed by atoms with van der Waals surface area (Å²) in [5.41, 5.74) is 2.24. The van der Waals surface area contributed by atoms with E-state index in [1.54, 1.807) is 11.3 Å². The summed E-state index contributed by atoms with van der Waals surface area (Å²) in [5.74, 6) is 0. The fourth-order valence-corrected chi connectivity index (χ4v) is 3.71. The molecule has 108 valence electrons. The maximum Gasteiger partial charge on any atom is 0.107 e. The van der Waals surface area contributed by atoms with Crippen LogP contribution < -0.4 is 5.32 Å². The minimum absolute atomic E-state index is 0.743. The molecule has 0 aliphatic rings. The van der Waals surface area contributed by atoms with Crippen molar-refractivity contribution in [3.8, 4) is 0 Å². The molecule has 0 spiro atoms. The molecular formula is C15H13BrClN3S. The van der Waals surface area contributed by atoms with Crippen LogP contribution in [-0.2, 0) is 13.1 Å². The van der Waals surface area contributed by atoms with Crippen molar-refractivity contribution >= 4 is 44.6 Å². The monoisotopic (exact) mass is 381 g/mol. The van der Waals surface area contributed by atoms with E-state index in [1.807, 2.05) is 41.3 Å². The Hall–Kier alpha value is -1.30. The van der Waals surface area contributed by atoms with Gasteiger partial charge in [-0.2, -0.15) is 5.10 Å². The Morgan fingerprint density at radius 2 is 2.10 bits per heavy atom. The van der Waals surface area contributed by atoms with E-state index in [1.165, 1.54) is 10.4 Å². The van der Waals surface area contributed by atoms with Gasteiger partial charge in [0.05, 0.1) is 18.4 Å². The number of aromatic nitrogens is 2. The Morgan fingerprint density at radius 1 is 1.29 bits per heavy atom. The molecule has 0 saturated carbocycles. The van der Waals surface area contributed by atoms with E-state index in [2.05, 4.69) is 38.5 Å². The summed E-state index contributed by atoms with van der Waals surface area (Å²) in [7, 11) is 0. The Bertz CT molecular complexity index is 704. The van der Waals surface area contributed by atoms with Crippen LogP contribution in [0.5, 0.6) is 0 Å². The molecule has 0 aliphatic carbocycles. The van der Waals surface area contributed by atoms with Gasteiger partial charge < -0.3 is 5.32 Å². The van der Waals surface area contributed by atoms with Crippen LogP contribution in [0.1, 0.15) is 10.4 Å².